The minimum Gasteiger partial charge on any atom is -0.480 e. The molecule has 1 unspecified atom stereocenters. The lowest BCUT2D eigenvalue weighted by Gasteiger charge is -2.18. The summed E-state index contributed by atoms with van der Waals surface area (Å²) in [6.45, 7) is 2.76. The lowest BCUT2D eigenvalue weighted by atomic mass is 10.3. The van der Waals surface area contributed by atoms with Crippen LogP contribution in [0, 0.1) is 0 Å². The van der Waals surface area contributed by atoms with Crippen LogP contribution in [0.5, 0.6) is 5.75 Å². The van der Waals surface area contributed by atoms with Gasteiger partial charge in [0, 0.05) is 6.66 Å². The molecule has 88 valence electrons. The van der Waals surface area contributed by atoms with Gasteiger partial charge in [0.1, 0.15) is 11.8 Å². The number of hydrogen-bond acceptors (Lipinski definition) is 3. The first-order valence-corrected chi connectivity index (χ1v) is 6.81. The number of rotatable bonds is 5. The van der Waals surface area contributed by atoms with Crippen molar-refractivity contribution >= 4 is 13.5 Å². The Morgan fingerprint density at radius 1 is 1.44 bits per heavy atom. The maximum absolute atomic E-state index is 11.9. The molecular weight excluding hydrogens is 229 g/mol. The average Bonchev–Trinajstić information content (AvgIpc) is 2.17. The Morgan fingerprint density at radius 2 is 2.00 bits per heavy atom. The Kier molecular flexibility index (Phi) is 4.10. The van der Waals surface area contributed by atoms with Gasteiger partial charge in [-0.1, -0.05) is 18.2 Å². The molecule has 2 atom stereocenters. The largest absolute Gasteiger partial charge is 0.480 e. The van der Waals surface area contributed by atoms with Crippen molar-refractivity contribution in [1.82, 2.24) is 5.09 Å². The highest BCUT2D eigenvalue weighted by Gasteiger charge is 2.23. The molecule has 0 bridgehead atoms. The Hall–Kier alpha value is -1.32. The van der Waals surface area contributed by atoms with Crippen molar-refractivity contribution in [3.63, 3.8) is 0 Å². The molecule has 0 aromatic heterocycles. The van der Waals surface area contributed by atoms with Gasteiger partial charge >= 0.3 is 13.5 Å². The van der Waals surface area contributed by atoms with Crippen LogP contribution in [0.2, 0.25) is 0 Å². The van der Waals surface area contributed by atoms with Gasteiger partial charge in [0.2, 0.25) is 0 Å². The van der Waals surface area contributed by atoms with E-state index in [2.05, 4.69) is 5.09 Å². The molecule has 0 heterocycles. The average molecular weight is 243 g/mol. The smallest absolute Gasteiger partial charge is 0.320 e. The summed E-state index contributed by atoms with van der Waals surface area (Å²) in [5.74, 6) is -0.628. The molecule has 0 fully saturated rings. The summed E-state index contributed by atoms with van der Waals surface area (Å²) in [6, 6.07) is 7.69. The van der Waals surface area contributed by atoms with E-state index in [1.807, 2.05) is 0 Å². The third-order valence-electron chi connectivity index (χ3n) is 1.82. The number of benzene rings is 1. The quantitative estimate of drug-likeness (QED) is 0.773. The van der Waals surface area contributed by atoms with Crippen molar-refractivity contribution in [2.24, 2.45) is 0 Å². The highest BCUT2D eigenvalue weighted by atomic mass is 31.2. The minimum atomic E-state index is -3.16. The van der Waals surface area contributed by atoms with Crippen LogP contribution in [0.3, 0.4) is 0 Å². The molecule has 16 heavy (non-hydrogen) atoms. The van der Waals surface area contributed by atoms with E-state index in [4.69, 9.17) is 9.63 Å². The van der Waals surface area contributed by atoms with E-state index in [-0.39, 0.29) is 0 Å². The second kappa shape index (κ2) is 5.14. The number of carboxylic acids is 1. The first kappa shape index (κ1) is 12.7. The van der Waals surface area contributed by atoms with Crippen LogP contribution in [-0.4, -0.2) is 23.8 Å². The second-order valence-corrected chi connectivity index (χ2v) is 5.57. The number of nitrogens with one attached hydrogen (secondary N) is 1. The van der Waals surface area contributed by atoms with Crippen LogP contribution < -0.4 is 9.61 Å². The summed E-state index contributed by atoms with van der Waals surface area (Å²) in [7, 11) is -3.16. The van der Waals surface area contributed by atoms with Crippen LogP contribution in [-0.2, 0) is 9.36 Å². The monoisotopic (exact) mass is 243 g/mol. The Bertz CT molecular complexity index is 407. The molecule has 5 nitrogen and oxygen atoms in total. The zero-order chi connectivity index (χ0) is 12.2. The summed E-state index contributed by atoms with van der Waals surface area (Å²) < 4.78 is 17.1. The van der Waals surface area contributed by atoms with E-state index < -0.39 is 19.5 Å². The standard InChI is InChI=1S/C10H14NO4P/c1-8(10(12)13)11-16(2,14)15-9-6-4-3-5-7-9/h3-8H,1-2H3,(H,11,14)(H,12,13)/t8-,16?/m0/s1. The second-order valence-electron chi connectivity index (χ2n) is 3.44. The fourth-order valence-electron chi connectivity index (χ4n) is 1.12. The highest BCUT2D eigenvalue weighted by Crippen LogP contribution is 2.39. The molecule has 0 saturated heterocycles. The van der Waals surface area contributed by atoms with Gasteiger partial charge in [-0.05, 0) is 19.1 Å². The van der Waals surface area contributed by atoms with E-state index in [9.17, 15) is 9.36 Å². The number of para-hydroxylation sites is 1. The van der Waals surface area contributed by atoms with Gasteiger partial charge in [0.15, 0.2) is 0 Å². The molecule has 0 aliphatic heterocycles. The fourth-order valence-corrected chi connectivity index (χ4v) is 2.51. The summed E-state index contributed by atoms with van der Waals surface area (Å²) in [5.41, 5.74) is 0. The van der Waals surface area contributed by atoms with Gasteiger partial charge in [-0.25, -0.2) is 5.09 Å². The molecule has 2 N–H and O–H groups in total. The van der Waals surface area contributed by atoms with Crippen LogP contribution in [0.25, 0.3) is 0 Å². The van der Waals surface area contributed by atoms with Crippen LogP contribution in [0.4, 0.5) is 0 Å². The summed E-state index contributed by atoms with van der Waals surface area (Å²) in [6.07, 6.45) is 0. The molecule has 1 aromatic carbocycles. The molecule has 0 amide bonds. The predicted octanol–water partition coefficient (Wildman–Crippen LogP) is 1.95. The van der Waals surface area contributed by atoms with E-state index in [0.29, 0.717) is 5.75 Å². The molecule has 1 aromatic rings. The van der Waals surface area contributed by atoms with Crippen molar-refractivity contribution in [2.45, 2.75) is 13.0 Å². The summed E-state index contributed by atoms with van der Waals surface area (Å²) in [5, 5.41) is 11.1. The fraction of sp³-hybridized carbons (Fsp3) is 0.300. The van der Waals surface area contributed by atoms with Gasteiger partial charge in [-0.15, -0.1) is 0 Å². The number of hydrogen-bond donors (Lipinski definition) is 2. The zero-order valence-electron chi connectivity index (χ0n) is 9.08. The highest BCUT2D eigenvalue weighted by molar-refractivity contribution is 7.56. The molecule has 0 radical (unpaired) electrons. The number of carbonyl (C=O) groups is 1. The minimum absolute atomic E-state index is 0.443. The third-order valence-corrected chi connectivity index (χ3v) is 3.24. The zero-order valence-corrected chi connectivity index (χ0v) is 9.98. The Labute approximate surface area is 93.9 Å². The van der Waals surface area contributed by atoms with Crippen molar-refractivity contribution in [3.05, 3.63) is 30.3 Å². The SMILES string of the molecule is C[C@H](NP(C)(=O)Oc1ccccc1)C(=O)O. The maximum Gasteiger partial charge on any atom is 0.320 e. The molecule has 0 spiro atoms. The van der Waals surface area contributed by atoms with Crippen LogP contribution >= 0.6 is 7.52 Å². The number of aliphatic carboxylic acids is 1. The van der Waals surface area contributed by atoms with Crippen molar-refractivity contribution < 1.29 is 19.0 Å². The lowest BCUT2D eigenvalue weighted by Crippen LogP contribution is -2.32. The van der Waals surface area contributed by atoms with Gasteiger partial charge < -0.3 is 9.63 Å². The molecule has 0 saturated carbocycles. The Morgan fingerprint density at radius 3 is 2.50 bits per heavy atom. The number of carboxylic acid groups (broad SMARTS) is 1. The van der Waals surface area contributed by atoms with Gasteiger partial charge in [-0.2, -0.15) is 0 Å². The lowest BCUT2D eigenvalue weighted by molar-refractivity contribution is -0.138. The van der Waals surface area contributed by atoms with E-state index >= 15 is 0 Å². The topological polar surface area (TPSA) is 75.6 Å². The van der Waals surface area contributed by atoms with E-state index in [1.165, 1.54) is 13.6 Å². The van der Waals surface area contributed by atoms with Crippen molar-refractivity contribution in [2.75, 3.05) is 6.66 Å². The molecular formula is C10H14NO4P. The molecule has 1 rings (SSSR count). The normalized spacial score (nSPS) is 16.1. The maximum atomic E-state index is 11.9. The summed E-state index contributed by atoms with van der Waals surface area (Å²) >= 11 is 0. The van der Waals surface area contributed by atoms with Crippen LogP contribution in [0.1, 0.15) is 6.92 Å². The van der Waals surface area contributed by atoms with Crippen molar-refractivity contribution in [1.29, 1.82) is 0 Å². The molecule has 0 aliphatic rings. The first-order chi connectivity index (χ1) is 7.41. The van der Waals surface area contributed by atoms with Crippen LogP contribution in [0.15, 0.2) is 30.3 Å². The van der Waals surface area contributed by atoms with E-state index in [1.54, 1.807) is 30.3 Å². The van der Waals surface area contributed by atoms with Gasteiger partial charge in [0.05, 0.1) is 0 Å². The first-order valence-electron chi connectivity index (χ1n) is 4.73. The summed E-state index contributed by atoms with van der Waals surface area (Å²) in [4.78, 5) is 10.6. The Balaban J connectivity index is 2.66. The van der Waals surface area contributed by atoms with Gasteiger partial charge in [0.25, 0.3) is 0 Å². The third kappa shape index (κ3) is 4.04. The molecule has 6 heteroatoms. The van der Waals surface area contributed by atoms with Crippen molar-refractivity contribution in [3.8, 4) is 5.75 Å². The van der Waals surface area contributed by atoms with Gasteiger partial charge in [-0.3, -0.25) is 9.36 Å². The predicted molar refractivity (Wildman–Crippen MR) is 60.8 cm³/mol. The molecule has 0 aliphatic carbocycles. The van der Waals surface area contributed by atoms with E-state index in [0.717, 1.165) is 0 Å².